The fourth-order valence-electron chi connectivity index (χ4n) is 2.40. The molecule has 3 rings (SSSR count). The number of halogens is 2. The van der Waals surface area contributed by atoms with Crippen molar-refractivity contribution in [1.82, 2.24) is 8.52 Å². The third-order valence-corrected chi connectivity index (χ3v) is 5.44. The van der Waals surface area contributed by atoms with Gasteiger partial charge in [0.2, 0.25) is 4.80 Å². The Bertz CT molecular complexity index is 1180. The number of benzene rings is 2. The van der Waals surface area contributed by atoms with Crippen LogP contribution in [0.2, 0.25) is 10.0 Å². The van der Waals surface area contributed by atoms with Crippen LogP contribution in [0.4, 0.5) is 0 Å². The predicted molar refractivity (Wildman–Crippen MR) is 112 cm³/mol. The van der Waals surface area contributed by atoms with E-state index in [1.807, 2.05) is 0 Å². The topological polar surface area (TPSA) is 110 Å². The zero-order valence-electron chi connectivity index (χ0n) is 15.6. The molecule has 0 fully saturated rings. The average Bonchev–Trinajstić information content (AvgIpc) is 3.02. The summed E-state index contributed by atoms with van der Waals surface area (Å²) in [5, 5.41) is 1.07. The van der Waals surface area contributed by atoms with Gasteiger partial charge < -0.3 is 10.5 Å². The van der Waals surface area contributed by atoms with Crippen LogP contribution >= 0.6 is 34.7 Å². The number of nitrogens with zero attached hydrogens (tertiary/aromatic N) is 3. The first-order valence-corrected chi connectivity index (χ1v) is 10.2. The molecule has 3 aromatic rings. The van der Waals surface area contributed by atoms with Crippen LogP contribution in [0.3, 0.4) is 0 Å². The Hall–Kier alpha value is -2.72. The van der Waals surface area contributed by atoms with Crippen LogP contribution < -0.4 is 16.2 Å². The SMILES string of the molecule is [NH3+]CC(=O)OCn1c(=NC(=O)c2ccc(Cl)cc2)sn(Cc2ccc(Cl)cc2)c1=O. The molecule has 0 saturated heterocycles. The number of rotatable bonds is 6. The summed E-state index contributed by atoms with van der Waals surface area (Å²) in [5.41, 5.74) is 4.12. The molecule has 1 amide bonds. The fraction of sp³-hybridized carbons (Fsp3) is 0.158. The first-order valence-electron chi connectivity index (χ1n) is 8.72. The van der Waals surface area contributed by atoms with Gasteiger partial charge in [0.05, 0.1) is 6.54 Å². The summed E-state index contributed by atoms with van der Waals surface area (Å²) in [6.07, 6.45) is 0. The van der Waals surface area contributed by atoms with Crippen LogP contribution in [0.15, 0.2) is 58.3 Å². The number of carbonyl (C=O) groups excluding carboxylic acids is 2. The molecule has 0 aliphatic heterocycles. The van der Waals surface area contributed by atoms with Crippen molar-refractivity contribution in [3.63, 3.8) is 0 Å². The lowest BCUT2D eigenvalue weighted by Crippen LogP contribution is -2.54. The number of hydrogen-bond donors (Lipinski definition) is 1. The second kappa shape index (κ2) is 9.86. The number of carbonyl (C=O) groups is 2. The highest BCUT2D eigenvalue weighted by Crippen LogP contribution is 2.11. The zero-order valence-corrected chi connectivity index (χ0v) is 17.9. The van der Waals surface area contributed by atoms with Crippen molar-refractivity contribution < 1.29 is 20.1 Å². The van der Waals surface area contributed by atoms with Crippen LogP contribution in [0.5, 0.6) is 0 Å². The Morgan fingerprint density at radius 2 is 1.63 bits per heavy atom. The van der Waals surface area contributed by atoms with Crippen molar-refractivity contribution in [2.45, 2.75) is 13.3 Å². The van der Waals surface area contributed by atoms with Crippen molar-refractivity contribution in [2.24, 2.45) is 4.99 Å². The summed E-state index contributed by atoms with van der Waals surface area (Å²) < 4.78 is 7.57. The molecule has 0 saturated carbocycles. The fourth-order valence-corrected chi connectivity index (χ4v) is 3.60. The van der Waals surface area contributed by atoms with E-state index in [9.17, 15) is 14.4 Å². The Morgan fingerprint density at radius 3 is 2.23 bits per heavy atom. The van der Waals surface area contributed by atoms with E-state index in [2.05, 4.69) is 10.7 Å². The summed E-state index contributed by atoms with van der Waals surface area (Å²) >= 11 is 12.7. The molecular formula is C19H17Cl2N4O4S+. The van der Waals surface area contributed by atoms with Crippen molar-refractivity contribution in [3.05, 3.63) is 85.0 Å². The highest BCUT2D eigenvalue weighted by atomic mass is 35.5. The van der Waals surface area contributed by atoms with Crippen LogP contribution in [0, 0.1) is 0 Å². The van der Waals surface area contributed by atoms with E-state index < -0.39 is 17.6 Å². The van der Waals surface area contributed by atoms with Crippen LogP contribution in [-0.2, 0) is 22.8 Å². The third kappa shape index (κ3) is 5.45. The van der Waals surface area contributed by atoms with E-state index in [0.717, 1.165) is 21.7 Å². The van der Waals surface area contributed by atoms with Gasteiger partial charge in [-0.25, -0.2) is 18.1 Å². The Kier molecular flexibility index (Phi) is 7.22. The number of amides is 1. The van der Waals surface area contributed by atoms with E-state index in [1.54, 1.807) is 36.4 Å². The zero-order chi connectivity index (χ0) is 21.7. The second-order valence-electron chi connectivity index (χ2n) is 6.07. The van der Waals surface area contributed by atoms with Gasteiger partial charge in [-0.3, -0.25) is 4.79 Å². The molecule has 3 N–H and O–H groups in total. The first kappa shape index (κ1) is 22.0. The Morgan fingerprint density at radius 1 is 1.03 bits per heavy atom. The maximum atomic E-state index is 12.8. The minimum absolute atomic E-state index is 0.0835. The molecule has 0 aliphatic rings. The van der Waals surface area contributed by atoms with Gasteiger partial charge in [0, 0.05) is 15.6 Å². The standard InChI is InChI=1S/C19H16Cl2N4O4S/c20-14-5-1-12(2-6-14)10-25-19(28)24(11-29-16(26)9-22)18(30-25)23-17(27)13-3-7-15(21)8-4-13/h1-8H,9-11,22H2/p+1. The molecule has 0 spiro atoms. The van der Waals surface area contributed by atoms with Crippen LogP contribution in [0.25, 0.3) is 0 Å². The second-order valence-corrected chi connectivity index (χ2v) is 7.93. The van der Waals surface area contributed by atoms with Gasteiger partial charge in [0.25, 0.3) is 5.91 Å². The van der Waals surface area contributed by atoms with E-state index in [4.69, 9.17) is 27.9 Å². The summed E-state index contributed by atoms with van der Waals surface area (Å²) in [6, 6.07) is 13.2. The molecule has 11 heteroatoms. The quantitative estimate of drug-likeness (QED) is 0.554. The molecule has 0 radical (unpaired) electrons. The molecule has 1 heterocycles. The predicted octanol–water partition coefficient (Wildman–Crippen LogP) is 1.55. The van der Waals surface area contributed by atoms with Crippen LogP contribution in [-0.4, -0.2) is 26.9 Å². The molecule has 8 nitrogen and oxygen atoms in total. The molecule has 0 atom stereocenters. The maximum absolute atomic E-state index is 12.8. The smallest absolute Gasteiger partial charge is 0.363 e. The molecule has 0 unspecified atom stereocenters. The van der Waals surface area contributed by atoms with Crippen molar-refractivity contribution in [3.8, 4) is 0 Å². The van der Waals surface area contributed by atoms with E-state index in [1.165, 1.54) is 16.1 Å². The number of quaternary nitrogens is 1. The van der Waals surface area contributed by atoms with Gasteiger partial charge in [-0.1, -0.05) is 35.3 Å². The highest BCUT2D eigenvalue weighted by Gasteiger charge is 2.14. The van der Waals surface area contributed by atoms with E-state index in [-0.39, 0.29) is 24.6 Å². The lowest BCUT2D eigenvalue weighted by molar-refractivity contribution is -0.360. The summed E-state index contributed by atoms with van der Waals surface area (Å²) in [5.74, 6) is -1.13. The van der Waals surface area contributed by atoms with Gasteiger partial charge in [-0.05, 0) is 53.5 Å². The van der Waals surface area contributed by atoms with Gasteiger partial charge in [-0.15, -0.1) is 0 Å². The third-order valence-electron chi connectivity index (χ3n) is 3.95. The van der Waals surface area contributed by atoms with Crippen molar-refractivity contribution >= 4 is 46.6 Å². The first-order chi connectivity index (χ1) is 14.4. The monoisotopic (exact) mass is 467 g/mol. The maximum Gasteiger partial charge on any atom is 0.363 e. The Labute approximate surface area is 184 Å². The lowest BCUT2D eigenvalue weighted by Gasteiger charge is -2.03. The van der Waals surface area contributed by atoms with Gasteiger partial charge in [0.15, 0.2) is 13.3 Å². The number of ether oxygens (including phenoxy) is 1. The van der Waals surface area contributed by atoms with Gasteiger partial charge >= 0.3 is 11.7 Å². The largest absolute Gasteiger partial charge is 0.439 e. The van der Waals surface area contributed by atoms with Gasteiger partial charge in [-0.2, -0.15) is 4.99 Å². The molecular weight excluding hydrogens is 451 g/mol. The molecule has 1 aromatic heterocycles. The lowest BCUT2D eigenvalue weighted by atomic mass is 10.2. The van der Waals surface area contributed by atoms with Crippen molar-refractivity contribution in [2.75, 3.05) is 6.54 Å². The summed E-state index contributed by atoms with van der Waals surface area (Å²) in [7, 11) is 0. The number of hydrogen-bond acceptors (Lipinski definition) is 5. The van der Waals surface area contributed by atoms with Crippen LogP contribution in [0.1, 0.15) is 15.9 Å². The Balaban J connectivity index is 1.99. The van der Waals surface area contributed by atoms with E-state index >= 15 is 0 Å². The minimum Gasteiger partial charge on any atom is -0.439 e. The van der Waals surface area contributed by atoms with Gasteiger partial charge in [0.1, 0.15) is 0 Å². The minimum atomic E-state index is -0.577. The normalized spacial score (nSPS) is 11.5. The molecule has 0 bridgehead atoms. The number of esters is 1. The molecule has 156 valence electrons. The number of aromatic nitrogens is 2. The molecule has 30 heavy (non-hydrogen) atoms. The van der Waals surface area contributed by atoms with Crippen molar-refractivity contribution in [1.29, 1.82) is 0 Å². The molecule has 2 aromatic carbocycles. The highest BCUT2D eigenvalue weighted by molar-refractivity contribution is 7.03. The summed E-state index contributed by atoms with van der Waals surface area (Å²) in [4.78, 5) is 41.0. The average molecular weight is 468 g/mol. The summed E-state index contributed by atoms with van der Waals surface area (Å²) in [6.45, 7) is -0.210. The molecule has 0 aliphatic carbocycles. The van der Waals surface area contributed by atoms with E-state index in [0.29, 0.717) is 15.6 Å².